The van der Waals surface area contributed by atoms with Crippen molar-refractivity contribution in [1.29, 1.82) is 5.26 Å². The minimum Gasteiger partial charge on any atom is -0.346 e. The van der Waals surface area contributed by atoms with Crippen LogP contribution < -0.4 is 0 Å². The van der Waals surface area contributed by atoms with Crippen molar-refractivity contribution in [2.45, 2.75) is 25.8 Å². The van der Waals surface area contributed by atoms with E-state index in [1.807, 2.05) is 31.5 Å². The Balaban J connectivity index is 0.00000225. The number of sulfonamides is 1. The molecule has 4 heterocycles. The largest absolute Gasteiger partial charge is 0.346 e. The molecule has 1 N–H and O–H groups in total. The van der Waals surface area contributed by atoms with Gasteiger partial charge in [0, 0.05) is 42.6 Å². The van der Waals surface area contributed by atoms with Gasteiger partial charge in [-0.3, -0.25) is 4.68 Å². The molecule has 1 aliphatic heterocycles. The highest BCUT2D eigenvalue weighted by Gasteiger charge is 2.49. The summed E-state index contributed by atoms with van der Waals surface area (Å²) in [6, 6.07) is 6.11. The Morgan fingerprint density at radius 3 is 2.75 bits per heavy atom. The lowest BCUT2D eigenvalue weighted by atomic mass is 9.89. The van der Waals surface area contributed by atoms with Crippen LogP contribution in [0.5, 0.6) is 0 Å². The fourth-order valence-corrected chi connectivity index (χ4v) is 4.88. The normalized spacial score (nSPS) is 16.3. The molecule has 28 heavy (non-hydrogen) atoms. The minimum atomic E-state index is -3.27. The smallest absolute Gasteiger partial charge is 0.213 e. The van der Waals surface area contributed by atoms with E-state index in [1.54, 1.807) is 17.8 Å². The van der Waals surface area contributed by atoms with Crippen molar-refractivity contribution in [3.05, 3.63) is 36.4 Å². The van der Waals surface area contributed by atoms with Gasteiger partial charge in [0.15, 0.2) is 0 Å². The Bertz CT molecular complexity index is 1150. The van der Waals surface area contributed by atoms with Crippen LogP contribution in [0.4, 0.5) is 0 Å². The molecular formula is C18H21ClN6O2S. The summed E-state index contributed by atoms with van der Waals surface area (Å²) < 4.78 is 27.4. The van der Waals surface area contributed by atoms with Crippen LogP contribution >= 0.6 is 12.4 Å². The van der Waals surface area contributed by atoms with Crippen molar-refractivity contribution in [3.63, 3.8) is 0 Å². The average molecular weight is 421 g/mol. The predicted molar refractivity (Wildman–Crippen MR) is 109 cm³/mol. The molecule has 0 spiro atoms. The summed E-state index contributed by atoms with van der Waals surface area (Å²) in [5, 5.41) is 15.0. The number of nitriles is 1. The number of aromatic nitrogens is 4. The Morgan fingerprint density at radius 1 is 1.32 bits per heavy atom. The van der Waals surface area contributed by atoms with Crippen molar-refractivity contribution < 1.29 is 8.42 Å². The molecule has 1 saturated heterocycles. The van der Waals surface area contributed by atoms with Crippen molar-refractivity contribution in [2.24, 2.45) is 0 Å². The molecule has 3 aromatic heterocycles. The van der Waals surface area contributed by atoms with Crippen molar-refractivity contribution in [3.8, 4) is 17.2 Å². The highest BCUT2D eigenvalue weighted by molar-refractivity contribution is 7.89. The van der Waals surface area contributed by atoms with Gasteiger partial charge in [-0.05, 0) is 31.5 Å². The monoisotopic (exact) mass is 420 g/mol. The van der Waals surface area contributed by atoms with E-state index in [-0.39, 0.29) is 37.7 Å². The van der Waals surface area contributed by atoms with E-state index in [0.717, 1.165) is 27.9 Å². The molecule has 0 atom stereocenters. The minimum absolute atomic E-state index is 0. The van der Waals surface area contributed by atoms with E-state index >= 15 is 0 Å². The lowest BCUT2D eigenvalue weighted by Gasteiger charge is -2.47. The summed E-state index contributed by atoms with van der Waals surface area (Å²) in [4.78, 5) is 7.42. The van der Waals surface area contributed by atoms with E-state index < -0.39 is 15.6 Å². The van der Waals surface area contributed by atoms with E-state index in [9.17, 15) is 13.7 Å². The summed E-state index contributed by atoms with van der Waals surface area (Å²) in [5.41, 5.74) is 2.98. The summed E-state index contributed by atoms with van der Waals surface area (Å²) in [6.07, 6.45) is 5.72. The van der Waals surface area contributed by atoms with Crippen LogP contribution in [0.3, 0.4) is 0 Å². The topological polar surface area (TPSA) is 108 Å². The molecule has 0 amide bonds. The fraction of sp³-hybridized carbons (Fsp3) is 0.389. The van der Waals surface area contributed by atoms with Gasteiger partial charge in [0.05, 0.1) is 23.9 Å². The predicted octanol–water partition coefficient (Wildman–Crippen LogP) is 2.43. The highest BCUT2D eigenvalue weighted by Crippen LogP contribution is 2.37. The van der Waals surface area contributed by atoms with Crippen molar-refractivity contribution in [1.82, 2.24) is 24.1 Å². The molecule has 1 fully saturated rings. The first-order chi connectivity index (χ1) is 12.9. The van der Waals surface area contributed by atoms with Gasteiger partial charge >= 0.3 is 0 Å². The highest BCUT2D eigenvalue weighted by atomic mass is 35.5. The summed E-state index contributed by atoms with van der Waals surface area (Å²) in [6.45, 7) is 4.09. The number of rotatable bonds is 5. The van der Waals surface area contributed by atoms with Gasteiger partial charge in [-0.1, -0.05) is 0 Å². The quantitative estimate of drug-likeness (QED) is 0.681. The lowest BCUT2D eigenvalue weighted by molar-refractivity contribution is 0.0716. The number of hydrogen-bond acceptors (Lipinski definition) is 5. The van der Waals surface area contributed by atoms with Crippen LogP contribution in [-0.2, 0) is 15.6 Å². The summed E-state index contributed by atoms with van der Waals surface area (Å²) in [5.74, 6) is 0.0570. The van der Waals surface area contributed by atoms with Crippen LogP contribution in [0.2, 0.25) is 0 Å². The zero-order valence-electron chi connectivity index (χ0n) is 15.6. The molecule has 0 saturated carbocycles. The second-order valence-electron chi connectivity index (χ2n) is 6.90. The van der Waals surface area contributed by atoms with Gasteiger partial charge in [-0.25, -0.2) is 13.4 Å². The fourth-order valence-electron chi connectivity index (χ4n) is 3.64. The zero-order chi connectivity index (χ0) is 19.2. The molecular weight excluding hydrogens is 400 g/mol. The molecule has 0 bridgehead atoms. The lowest BCUT2D eigenvalue weighted by Crippen LogP contribution is -2.64. The van der Waals surface area contributed by atoms with Gasteiger partial charge in [0.2, 0.25) is 10.0 Å². The molecule has 10 heteroatoms. The zero-order valence-corrected chi connectivity index (χ0v) is 17.2. The molecule has 1 aliphatic rings. The van der Waals surface area contributed by atoms with Crippen molar-refractivity contribution in [2.75, 3.05) is 18.8 Å². The second kappa shape index (κ2) is 7.20. The Labute approximate surface area is 169 Å². The first-order valence-corrected chi connectivity index (χ1v) is 10.3. The first kappa shape index (κ1) is 20.3. The van der Waals surface area contributed by atoms with E-state index in [2.05, 4.69) is 21.1 Å². The maximum absolute atomic E-state index is 12.1. The maximum atomic E-state index is 12.1. The third-order valence-electron chi connectivity index (χ3n) is 5.24. The number of nitrogens with zero attached hydrogens (tertiary/aromatic N) is 5. The number of nitrogens with one attached hydrogen (secondary N) is 1. The third kappa shape index (κ3) is 3.07. The van der Waals surface area contributed by atoms with Gasteiger partial charge in [-0.15, -0.1) is 12.4 Å². The number of H-pyrrole nitrogens is 1. The number of fused-ring (bicyclic) bond motifs is 1. The van der Waals surface area contributed by atoms with Crippen LogP contribution in [-0.4, -0.2) is 51.3 Å². The average Bonchev–Trinajstić information content (AvgIpc) is 3.24. The van der Waals surface area contributed by atoms with Crippen molar-refractivity contribution >= 4 is 33.5 Å². The van der Waals surface area contributed by atoms with Crippen LogP contribution in [0, 0.1) is 18.3 Å². The van der Waals surface area contributed by atoms with Gasteiger partial charge in [0.25, 0.3) is 0 Å². The Hall–Kier alpha value is -2.41. The summed E-state index contributed by atoms with van der Waals surface area (Å²) >= 11 is 0. The standard InChI is InChI=1S/C18H20N6O2S.ClH/c1-3-27(25,26)23-11-18(12-23,6-7-19)24-10-16(13(2)22-24)14-4-8-20-17-15(14)5-9-21-17;/h4-5,8-10H,3,6,11-12H2,1-2H3,(H,20,21);1H. The molecule has 148 valence electrons. The number of hydrogen-bond donors (Lipinski definition) is 1. The van der Waals surface area contributed by atoms with E-state index in [1.165, 1.54) is 4.31 Å². The van der Waals surface area contributed by atoms with Gasteiger partial charge in [0.1, 0.15) is 11.2 Å². The van der Waals surface area contributed by atoms with E-state index in [4.69, 9.17) is 0 Å². The molecule has 0 aromatic carbocycles. The number of aromatic amines is 1. The molecule has 8 nitrogen and oxygen atoms in total. The van der Waals surface area contributed by atoms with Gasteiger partial charge in [-0.2, -0.15) is 14.7 Å². The Morgan fingerprint density at radius 2 is 2.07 bits per heavy atom. The van der Waals surface area contributed by atoms with E-state index in [0.29, 0.717) is 0 Å². The van der Waals surface area contributed by atoms with Gasteiger partial charge < -0.3 is 4.98 Å². The second-order valence-corrected chi connectivity index (χ2v) is 9.16. The van der Waals surface area contributed by atoms with Crippen LogP contribution in [0.25, 0.3) is 22.2 Å². The molecule has 0 unspecified atom stereocenters. The maximum Gasteiger partial charge on any atom is 0.213 e. The first-order valence-electron chi connectivity index (χ1n) is 8.74. The van der Waals surface area contributed by atoms with Crippen LogP contribution in [0.15, 0.2) is 30.7 Å². The third-order valence-corrected chi connectivity index (χ3v) is 7.02. The number of aryl methyl sites for hydroxylation is 1. The number of pyridine rings is 1. The SMILES string of the molecule is CCS(=O)(=O)N1CC(CC#N)(n2cc(-c3ccnc4[nH]ccc34)c(C)n2)C1.Cl. The summed E-state index contributed by atoms with van der Waals surface area (Å²) in [7, 11) is -3.27. The number of halogens is 1. The molecule has 4 rings (SSSR count). The Kier molecular flexibility index (Phi) is 5.23. The molecule has 3 aromatic rings. The molecule has 0 radical (unpaired) electrons. The molecule has 0 aliphatic carbocycles. The van der Waals surface area contributed by atoms with Crippen LogP contribution in [0.1, 0.15) is 19.0 Å².